The molecule has 1 atom stereocenters. The van der Waals surface area contributed by atoms with Crippen LogP contribution in [0.2, 0.25) is 0 Å². The number of benzene rings is 2. The van der Waals surface area contributed by atoms with Crippen molar-refractivity contribution in [3.8, 4) is 11.3 Å². The van der Waals surface area contributed by atoms with Crippen LogP contribution in [0.4, 0.5) is 10.2 Å². The molecule has 5 rings (SSSR count). The molecule has 1 unspecified atom stereocenters. The van der Waals surface area contributed by atoms with Crippen molar-refractivity contribution in [2.75, 3.05) is 38.8 Å². The van der Waals surface area contributed by atoms with Crippen molar-refractivity contribution in [3.63, 3.8) is 0 Å². The van der Waals surface area contributed by atoms with Crippen molar-refractivity contribution < 1.29 is 13.3 Å². The van der Waals surface area contributed by atoms with Gasteiger partial charge in [0.05, 0.1) is 29.7 Å². The van der Waals surface area contributed by atoms with E-state index >= 15 is 0 Å². The molecule has 3 heterocycles. The van der Waals surface area contributed by atoms with Crippen LogP contribution in [0.1, 0.15) is 16.7 Å². The zero-order valence-corrected chi connectivity index (χ0v) is 22.5. The Morgan fingerprint density at radius 1 is 1.11 bits per heavy atom. The number of hydrogen-bond acceptors (Lipinski definition) is 5. The van der Waals surface area contributed by atoms with E-state index in [0.717, 1.165) is 48.6 Å². The van der Waals surface area contributed by atoms with Gasteiger partial charge in [0.2, 0.25) is 0 Å². The van der Waals surface area contributed by atoms with Crippen molar-refractivity contribution >= 4 is 16.8 Å². The topological polar surface area (TPSA) is 63.5 Å². The van der Waals surface area contributed by atoms with Gasteiger partial charge in [-0.2, -0.15) is 0 Å². The molecule has 0 saturated carbocycles. The summed E-state index contributed by atoms with van der Waals surface area (Å²) in [5.74, 6) is 0.606. The highest BCUT2D eigenvalue weighted by Gasteiger charge is 2.25. The number of hydrogen-bond donors (Lipinski definition) is 0. The molecule has 0 radical (unpaired) electrons. The molecule has 7 nitrogen and oxygen atoms in total. The molecule has 0 aliphatic carbocycles. The molecule has 1 aliphatic heterocycles. The predicted octanol–water partition coefficient (Wildman–Crippen LogP) is 4.49. The Bertz CT molecular complexity index is 1390. The van der Waals surface area contributed by atoms with Crippen LogP contribution >= 0.6 is 0 Å². The van der Waals surface area contributed by atoms with Crippen LogP contribution in [0.5, 0.6) is 0 Å². The average Bonchev–Trinajstić information content (AvgIpc) is 3.43. The van der Waals surface area contributed by atoms with E-state index in [4.69, 9.17) is 4.74 Å². The van der Waals surface area contributed by atoms with E-state index in [9.17, 15) is 8.60 Å². The minimum atomic E-state index is -1.29. The number of aryl methyl sites for hydroxylation is 2. The van der Waals surface area contributed by atoms with Crippen LogP contribution in [0.25, 0.3) is 11.3 Å². The Morgan fingerprint density at radius 2 is 1.95 bits per heavy atom. The fourth-order valence-electron chi connectivity index (χ4n) is 4.78. The Kier molecular flexibility index (Phi) is 8.26. The third-order valence-corrected chi connectivity index (χ3v) is 8.38. The highest BCUT2D eigenvalue weighted by atomic mass is 32.2. The number of pyridine rings is 1. The van der Waals surface area contributed by atoms with Crippen LogP contribution in [0.15, 0.2) is 78.2 Å². The second-order valence-electron chi connectivity index (χ2n) is 9.42. The molecule has 0 fully saturated rings. The van der Waals surface area contributed by atoms with E-state index in [-0.39, 0.29) is 5.82 Å². The molecule has 0 saturated heterocycles. The summed E-state index contributed by atoms with van der Waals surface area (Å²) >= 11 is 0. The second-order valence-corrected chi connectivity index (χ2v) is 10.9. The Labute approximate surface area is 225 Å². The smallest absolute Gasteiger partial charge is 0.129 e. The van der Waals surface area contributed by atoms with Gasteiger partial charge < -0.3 is 14.2 Å². The molecule has 0 spiro atoms. The third kappa shape index (κ3) is 5.85. The molecular weight excluding hydrogens is 501 g/mol. The molecular formula is C29H32FN5O2S. The van der Waals surface area contributed by atoms with Gasteiger partial charge in [0.1, 0.15) is 22.6 Å². The molecule has 4 aromatic rings. The number of halogens is 1. The molecule has 0 amide bonds. The van der Waals surface area contributed by atoms with E-state index in [1.54, 1.807) is 13.3 Å². The molecule has 0 N–H and O–H groups in total. The highest BCUT2D eigenvalue weighted by molar-refractivity contribution is 7.82. The van der Waals surface area contributed by atoms with Gasteiger partial charge in [-0.1, -0.05) is 30.3 Å². The lowest BCUT2D eigenvalue weighted by atomic mass is 9.94. The van der Waals surface area contributed by atoms with Gasteiger partial charge in [0.15, 0.2) is 0 Å². The molecule has 198 valence electrons. The van der Waals surface area contributed by atoms with Gasteiger partial charge in [-0.05, 0) is 53.8 Å². The average molecular weight is 534 g/mol. The number of nitrogens with zero attached hydrogens (tertiary/aromatic N) is 5. The molecule has 38 heavy (non-hydrogen) atoms. The monoisotopic (exact) mass is 533 g/mol. The van der Waals surface area contributed by atoms with Gasteiger partial charge in [-0.25, -0.2) is 22.9 Å². The van der Waals surface area contributed by atoms with Gasteiger partial charge in [-0.3, -0.25) is 0 Å². The quantitative estimate of drug-likeness (QED) is 0.301. The van der Waals surface area contributed by atoms with Gasteiger partial charge in [0.25, 0.3) is 0 Å². The van der Waals surface area contributed by atoms with E-state index in [1.165, 1.54) is 23.3 Å². The molecule has 0 bridgehead atoms. The highest BCUT2D eigenvalue weighted by Crippen LogP contribution is 2.32. The Morgan fingerprint density at radius 3 is 2.71 bits per heavy atom. The number of fused-ring (bicyclic) bond motifs is 1. The maximum atomic E-state index is 13.4. The summed E-state index contributed by atoms with van der Waals surface area (Å²) in [6.45, 7) is 3.41. The summed E-state index contributed by atoms with van der Waals surface area (Å²) in [4.78, 5) is 11.6. The first-order chi connectivity index (χ1) is 18.5. The number of aromatic nitrogens is 3. The second kappa shape index (κ2) is 12.0. The molecule has 2 aromatic carbocycles. The molecule has 2 aromatic heterocycles. The third-order valence-electron chi connectivity index (χ3n) is 6.95. The minimum absolute atomic E-state index is 0.221. The SMILES string of the molecule is COCCN(C)c1ccc(S(=O)N2CCc3c(cccc3-c3cncn3CCc3ccc(F)cc3)C2)cn1. The van der Waals surface area contributed by atoms with Crippen LogP contribution in [0, 0.1) is 5.82 Å². The van der Waals surface area contributed by atoms with Gasteiger partial charge in [-0.15, -0.1) is 0 Å². The number of likely N-dealkylation sites (N-methyl/N-ethyl adjacent to an activating group) is 1. The predicted molar refractivity (Wildman–Crippen MR) is 148 cm³/mol. The lowest BCUT2D eigenvalue weighted by molar-refractivity contribution is 0.206. The number of methoxy groups -OCH3 is 1. The summed E-state index contributed by atoms with van der Waals surface area (Å²) in [5.41, 5.74) is 5.77. The van der Waals surface area contributed by atoms with E-state index in [0.29, 0.717) is 24.6 Å². The Balaban J connectivity index is 1.29. The van der Waals surface area contributed by atoms with Crippen LogP contribution in [0.3, 0.4) is 0 Å². The van der Waals surface area contributed by atoms with Crippen LogP contribution < -0.4 is 4.90 Å². The van der Waals surface area contributed by atoms with Crippen molar-refractivity contribution in [3.05, 3.63) is 95.8 Å². The first kappa shape index (κ1) is 26.2. The fraction of sp³-hybridized carbons (Fsp3) is 0.310. The van der Waals surface area contributed by atoms with Crippen molar-refractivity contribution in [2.24, 2.45) is 0 Å². The lowest BCUT2D eigenvalue weighted by Crippen LogP contribution is -2.32. The summed E-state index contributed by atoms with van der Waals surface area (Å²) in [7, 11) is 2.35. The van der Waals surface area contributed by atoms with E-state index in [2.05, 4.69) is 32.7 Å². The maximum absolute atomic E-state index is 13.4. The van der Waals surface area contributed by atoms with Gasteiger partial charge in [0, 0.05) is 52.1 Å². The first-order valence-electron chi connectivity index (χ1n) is 12.7. The maximum Gasteiger partial charge on any atom is 0.129 e. The number of ether oxygens (including phenoxy) is 1. The minimum Gasteiger partial charge on any atom is -0.383 e. The summed E-state index contributed by atoms with van der Waals surface area (Å²) in [5, 5.41) is 0. The largest absolute Gasteiger partial charge is 0.383 e. The summed E-state index contributed by atoms with van der Waals surface area (Å²) < 4.78 is 35.9. The summed E-state index contributed by atoms with van der Waals surface area (Å²) in [6, 6.07) is 16.8. The number of rotatable bonds is 10. The lowest BCUT2D eigenvalue weighted by Gasteiger charge is -2.29. The first-order valence-corrected chi connectivity index (χ1v) is 13.8. The van der Waals surface area contributed by atoms with Crippen molar-refractivity contribution in [1.29, 1.82) is 0 Å². The van der Waals surface area contributed by atoms with E-state index < -0.39 is 11.0 Å². The molecule has 9 heteroatoms. The van der Waals surface area contributed by atoms with Crippen molar-refractivity contribution in [2.45, 2.75) is 30.8 Å². The van der Waals surface area contributed by atoms with Crippen LogP contribution in [-0.4, -0.2) is 56.9 Å². The molecule has 1 aliphatic rings. The fourth-order valence-corrected chi connectivity index (χ4v) is 5.92. The number of anilines is 1. The zero-order chi connectivity index (χ0) is 26.5. The standard InChI is InChI=1S/C29H32FN5O2S/c1-33(16-17-37-2)29-11-10-25(18-32-29)38(36)35-15-13-26-23(20-35)4-3-5-27(26)28-19-31-21-34(28)14-12-22-6-8-24(30)9-7-22/h3-11,18-19,21H,12-17,20H2,1-2H3. The normalized spacial score (nSPS) is 14.3. The summed E-state index contributed by atoms with van der Waals surface area (Å²) in [6.07, 6.45) is 7.06. The van der Waals surface area contributed by atoms with Crippen LogP contribution in [-0.2, 0) is 41.7 Å². The van der Waals surface area contributed by atoms with E-state index in [1.807, 2.05) is 53.0 Å². The van der Waals surface area contributed by atoms with Crippen molar-refractivity contribution in [1.82, 2.24) is 18.8 Å². The zero-order valence-electron chi connectivity index (χ0n) is 21.7. The Hall–Kier alpha value is -3.40. The number of imidazole rings is 1. The van der Waals surface area contributed by atoms with Gasteiger partial charge >= 0.3 is 0 Å².